The van der Waals surface area contributed by atoms with E-state index in [1.54, 1.807) is 0 Å². The number of nitrogens with zero attached hydrogens (tertiary/aromatic N) is 2. The monoisotopic (exact) mass is 289 g/mol. The smallest absolute Gasteiger partial charge is 0.232 e. The molecule has 1 aromatic heterocycles. The lowest BCUT2D eigenvalue weighted by Crippen LogP contribution is -2.32. The third-order valence-corrected chi connectivity index (χ3v) is 4.98. The molecule has 1 heterocycles. The van der Waals surface area contributed by atoms with Crippen LogP contribution in [0.3, 0.4) is 0 Å². The Morgan fingerprint density at radius 2 is 1.86 bits per heavy atom. The van der Waals surface area contributed by atoms with E-state index < -0.39 is 0 Å². The highest BCUT2D eigenvalue weighted by atomic mass is 15.0. The van der Waals surface area contributed by atoms with Gasteiger partial charge >= 0.3 is 0 Å². The van der Waals surface area contributed by atoms with Gasteiger partial charge in [-0.2, -0.15) is 0 Å². The topological polar surface area (TPSA) is 16.8 Å². The Bertz CT molecular complexity index is 847. The number of hydrogen-bond acceptors (Lipinski definition) is 1. The summed E-state index contributed by atoms with van der Waals surface area (Å²) in [5.41, 5.74) is 6.48. The number of para-hydroxylation sites is 1. The van der Waals surface area contributed by atoms with Crippen molar-refractivity contribution in [2.45, 2.75) is 32.1 Å². The highest BCUT2D eigenvalue weighted by Gasteiger charge is 2.26. The van der Waals surface area contributed by atoms with Crippen LogP contribution >= 0.6 is 0 Å². The number of benzene rings is 2. The fourth-order valence-corrected chi connectivity index (χ4v) is 3.51. The summed E-state index contributed by atoms with van der Waals surface area (Å²) in [5.74, 6) is 0.702. The van der Waals surface area contributed by atoms with Crippen molar-refractivity contribution >= 4 is 10.9 Å². The number of fused-ring (bicyclic) bond motifs is 1. The molecule has 1 fully saturated rings. The van der Waals surface area contributed by atoms with Crippen molar-refractivity contribution in [3.8, 4) is 11.3 Å². The molecule has 22 heavy (non-hydrogen) atoms. The Kier molecular flexibility index (Phi) is 3.18. The molecule has 0 saturated heterocycles. The molecule has 0 bridgehead atoms. The molecule has 0 radical (unpaired) electrons. The molecule has 1 aliphatic carbocycles. The molecule has 0 N–H and O–H groups in total. The Hall–Kier alpha value is -2.22. The molecular formula is C20H21N2+. The molecule has 110 valence electrons. The van der Waals surface area contributed by atoms with E-state index >= 15 is 0 Å². The maximum atomic E-state index is 4.76. The Morgan fingerprint density at radius 3 is 2.59 bits per heavy atom. The second-order valence-electron chi connectivity index (χ2n) is 6.39. The zero-order chi connectivity index (χ0) is 15.1. The average Bonchev–Trinajstić information content (AvgIpc) is 2.47. The first-order chi connectivity index (χ1) is 10.8. The SMILES string of the molecule is Cc1ccccc1-c1c2cccc(C3CCC3)c2nc[n+]1C. The van der Waals surface area contributed by atoms with E-state index in [1.165, 1.54) is 52.5 Å². The van der Waals surface area contributed by atoms with Crippen LogP contribution in [0.4, 0.5) is 0 Å². The summed E-state index contributed by atoms with van der Waals surface area (Å²) in [6, 6.07) is 15.3. The highest BCUT2D eigenvalue weighted by Crippen LogP contribution is 2.40. The molecule has 0 spiro atoms. The zero-order valence-electron chi connectivity index (χ0n) is 13.2. The van der Waals surface area contributed by atoms with E-state index in [0.717, 1.165) is 0 Å². The van der Waals surface area contributed by atoms with E-state index in [0.29, 0.717) is 5.92 Å². The van der Waals surface area contributed by atoms with Gasteiger partial charge in [-0.15, -0.1) is 0 Å². The third-order valence-electron chi connectivity index (χ3n) is 4.98. The minimum atomic E-state index is 0.702. The molecule has 0 aliphatic heterocycles. The van der Waals surface area contributed by atoms with Gasteiger partial charge in [0.1, 0.15) is 5.69 Å². The standard InChI is InChI=1S/C20H21N2/c1-14-7-3-4-10-16(14)20-18-12-6-11-17(15-8-5-9-15)19(18)21-13-22(20)2/h3-4,6-7,10-13,15H,5,8-9H2,1-2H3/q+1. The van der Waals surface area contributed by atoms with Gasteiger partial charge < -0.3 is 0 Å². The number of aromatic nitrogens is 2. The van der Waals surface area contributed by atoms with E-state index in [2.05, 4.69) is 61.0 Å². The molecule has 2 heteroatoms. The minimum absolute atomic E-state index is 0.702. The lowest BCUT2D eigenvalue weighted by Gasteiger charge is -2.25. The van der Waals surface area contributed by atoms with Crippen molar-refractivity contribution < 1.29 is 4.57 Å². The van der Waals surface area contributed by atoms with Crippen LogP contribution in [0.2, 0.25) is 0 Å². The van der Waals surface area contributed by atoms with E-state index in [4.69, 9.17) is 4.98 Å². The fraction of sp³-hybridized carbons (Fsp3) is 0.300. The van der Waals surface area contributed by atoms with Crippen molar-refractivity contribution in [3.63, 3.8) is 0 Å². The molecule has 2 aromatic carbocycles. The molecule has 0 amide bonds. The maximum absolute atomic E-state index is 4.76. The van der Waals surface area contributed by atoms with Gasteiger partial charge in [-0.05, 0) is 42.3 Å². The van der Waals surface area contributed by atoms with Gasteiger partial charge in [-0.3, -0.25) is 0 Å². The zero-order valence-corrected chi connectivity index (χ0v) is 13.2. The van der Waals surface area contributed by atoms with Gasteiger partial charge in [0.2, 0.25) is 0 Å². The molecule has 1 aliphatic rings. The number of aryl methyl sites for hydroxylation is 2. The van der Waals surface area contributed by atoms with Gasteiger partial charge in [0.25, 0.3) is 6.33 Å². The van der Waals surface area contributed by atoms with Crippen LogP contribution in [0, 0.1) is 6.92 Å². The van der Waals surface area contributed by atoms with Crippen LogP contribution < -0.4 is 4.57 Å². The van der Waals surface area contributed by atoms with E-state index in [9.17, 15) is 0 Å². The summed E-state index contributed by atoms with van der Waals surface area (Å²) in [4.78, 5) is 4.76. The molecule has 0 atom stereocenters. The second-order valence-corrected chi connectivity index (χ2v) is 6.39. The van der Waals surface area contributed by atoms with E-state index in [-0.39, 0.29) is 0 Å². The first-order valence-electron chi connectivity index (χ1n) is 8.09. The van der Waals surface area contributed by atoms with Gasteiger partial charge in [0.15, 0.2) is 5.52 Å². The lowest BCUT2D eigenvalue weighted by molar-refractivity contribution is -0.662. The van der Waals surface area contributed by atoms with Crippen LogP contribution in [0.5, 0.6) is 0 Å². The summed E-state index contributed by atoms with van der Waals surface area (Å²) >= 11 is 0. The predicted octanol–water partition coefficient (Wildman–Crippen LogP) is 4.30. The van der Waals surface area contributed by atoms with Gasteiger partial charge in [-0.25, -0.2) is 4.57 Å². The van der Waals surface area contributed by atoms with Crippen molar-refractivity contribution in [1.29, 1.82) is 0 Å². The van der Waals surface area contributed by atoms with Crippen LogP contribution in [-0.4, -0.2) is 4.98 Å². The van der Waals surface area contributed by atoms with Gasteiger partial charge in [0.05, 0.1) is 12.4 Å². The van der Waals surface area contributed by atoms with Crippen LogP contribution in [0.1, 0.15) is 36.3 Å². The third kappa shape index (κ3) is 2.02. The highest BCUT2D eigenvalue weighted by molar-refractivity contribution is 5.93. The Balaban J connectivity index is 2.02. The maximum Gasteiger partial charge on any atom is 0.287 e. The molecule has 1 saturated carbocycles. The summed E-state index contributed by atoms with van der Waals surface area (Å²) in [7, 11) is 2.09. The molecule has 3 aromatic rings. The lowest BCUT2D eigenvalue weighted by atomic mass is 9.79. The van der Waals surface area contributed by atoms with Crippen molar-refractivity contribution in [2.75, 3.05) is 0 Å². The predicted molar refractivity (Wildman–Crippen MR) is 89.7 cm³/mol. The Labute approximate surface area is 131 Å². The summed E-state index contributed by atoms with van der Waals surface area (Å²) in [5, 5.41) is 1.27. The first kappa shape index (κ1) is 13.4. The summed E-state index contributed by atoms with van der Waals surface area (Å²) < 4.78 is 2.15. The van der Waals surface area contributed by atoms with Crippen LogP contribution in [-0.2, 0) is 7.05 Å². The van der Waals surface area contributed by atoms with Gasteiger partial charge in [-0.1, -0.05) is 42.8 Å². The quantitative estimate of drug-likeness (QED) is 0.643. The fourth-order valence-electron chi connectivity index (χ4n) is 3.51. The number of hydrogen-bond donors (Lipinski definition) is 0. The van der Waals surface area contributed by atoms with Crippen molar-refractivity contribution in [2.24, 2.45) is 7.05 Å². The molecule has 4 rings (SSSR count). The summed E-state index contributed by atoms with van der Waals surface area (Å²) in [6.45, 7) is 2.18. The largest absolute Gasteiger partial charge is 0.287 e. The summed E-state index contributed by atoms with van der Waals surface area (Å²) in [6.07, 6.45) is 5.93. The molecule has 2 nitrogen and oxygen atoms in total. The average molecular weight is 289 g/mol. The molecular weight excluding hydrogens is 268 g/mol. The Morgan fingerprint density at radius 1 is 1.05 bits per heavy atom. The van der Waals surface area contributed by atoms with Gasteiger partial charge in [0, 0.05) is 11.1 Å². The first-order valence-corrected chi connectivity index (χ1v) is 8.09. The van der Waals surface area contributed by atoms with Crippen molar-refractivity contribution in [3.05, 3.63) is 59.9 Å². The number of rotatable bonds is 2. The normalized spacial score (nSPS) is 15.0. The van der Waals surface area contributed by atoms with Crippen LogP contribution in [0.25, 0.3) is 22.2 Å². The van der Waals surface area contributed by atoms with Crippen molar-refractivity contribution in [1.82, 2.24) is 4.98 Å². The van der Waals surface area contributed by atoms with E-state index in [1.807, 2.05) is 6.33 Å². The minimum Gasteiger partial charge on any atom is -0.232 e. The second kappa shape index (κ2) is 5.20. The van der Waals surface area contributed by atoms with Crippen LogP contribution in [0.15, 0.2) is 48.8 Å². The molecule has 0 unspecified atom stereocenters.